The lowest BCUT2D eigenvalue weighted by molar-refractivity contribution is -0.123. The maximum absolute atomic E-state index is 12.8. The normalized spacial score (nSPS) is 15.3. The van der Waals surface area contributed by atoms with E-state index in [1.165, 1.54) is 0 Å². The van der Waals surface area contributed by atoms with E-state index in [2.05, 4.69) is 15.5 Å². The highest BCUT2D eigenvalue weighted by Crippen LogP contribution is 2.33. The van der Waals surface area contributed by atoms with E-state index in [-0.39, 0.29) is 18.0 Å². The first-order valence-corrected chi connectivity index (χ1v) is 10.9. The van der Waals surface area contributed by atoms with E-state index in [1.54, 1.807) is 29.2 Å². The van der Waals surface area contributed by atoms with Crippen molar-refractivity contribution < 1.29 is 14.3 Å². The summed E-state index contributed by atoms with van der Waals surface area (Å²) in [6.07, 6.45) is 0.904. The van der Waals surface area contributed by atoms with Gasteiger partial charge in [-0.3, -0.25) is 9.69 Å². The average Bonchev–Trinajstić information content (AvgIpc) is 2.77. The van der Waals surface area contributed by atoms with Crippen molar-refractivity contribution >= 4 is 29.2 Å². The van der Waals surface area contributed by atoms with Gasteiger partial charge in [0.25, 0.3) is 0 Å². The molecule has 1 aliphatic rings. The van der Waals surface area contributed by atoms with Gasteiger partial charge in [0.05, 0.1) is 17.3 Å². The standard InChI is InChI=1S/C23H29ClN4O3/c1-3-17(2)25-22(29)16-27-12-14-28(15-13-27)23(30)26-19-9-5-7-11-21(19)31-20-10-6-4-8-18(20)24/h4-11,17H,3,12-16H2,1-2H3,(H,25,29)(H,26,30). The number of hydrogen-bond acceptors (Lipinski definition) is 4. The molecule has 1 unspecified atom stereocenters. The Bertz CT molecular complexity index is 900. The third kappa shape index (κ3) is 6.60. The fraction of sp³-hybridized carbons (Fsp3) is 0.391. The Morgan fingerprint density at radius 3 is 2.35 bits per heavy atom. The molecule has 0 spiro atoms. The Morgan fingerprint density at radius 1 is 1.03 bits per heavy atom. The van der Waals surface area contributed by atoms with Crippen molar-refractivity contribution in [3.63, 3.8) is 0 Å². The Hall–Kier alpha value is -2.77. The number of anilines is 1. The van der Waals surface area contributed by atoms with Gasteiger partial charge in [-0.1, -0.05) is 42.8 Å². The Morgan fingerprint density at radius 2 is 1.68 bits per heavy atom. The van der Waals surface area contributed by atoms with Crippen LogP contribution in [0.5, 0.6) is 11.5 Å². The highest BCUT2D eigenvalue weighted by molar-refractivity contribution is 6.32. The highest BCUT2D eigenvalue weighted by atomic mass is 35.5. The van der Waals surface area contributed by atoms with Crippen LogP contribution in [0.1, 0.15) is 20.3 Å². The number of para-hydroxylation sites is 3. The topological polar surface area (TPSA) is 73.9 Å². The molecule has 2 aromatic rings. The van der Waals surface area contributed by atoms with Crippen LogP contribution < -0.4 is 15.4 Å². The minimum absolute atomic E-state index is 0.0258. The number of halogens is 1. The van der Waals surface area contributed by atoms with Gasteiger partial charge in [0.2, 0.25) is 5.91 Å². The fourth-order valence-corrected chi connectivity index (χ4v) is 3.41. The largest absolute Gasteiger partial charge is 0.454 e. The summed E-state index contributed by atoms with van der Waals surface area (Å²) in [6.45, 7) is 6.80. The number of nitrogens with zero attached hydrogens (tertiary/aromatic N) is 2. The fourth-order valence-electron chi connectivity index (χ4n) is 3.23. The lowest BCUT2D eigenvalue weighted by Gasteiger charge is -2.34. The van der Waals surface area contributed by atoms with Crippen molar-refractivity contribution in [2.45, 2.75) is 26.3 Å². The zero-order chi connectivity index (χ0) is 22.2. The van der Waals surface area contributed by atoms with Gasteiger partial charge in [0, 0.05) is 32.2 Å². The van der Waals surface area contributed by atoms with E-state index in [1.807, 2.05) is 38.1 Å². The number of hydrogen-bond donors (Lipinski definition) is 2. The third-order valence-electron chi connectivity index (χ3n) is 5.23. The van der Waals surface area contributed by atoms with Gasteiger partial charge < -0.3 is 20.3 Å². The molecule has 2 N–H and O–H groups in total. The average molecular weight is 445 g/mol. The van der Waals surface area contributed by atoms with Crippen LogP contribution in [-0.2, 0) is 4.79 Å². The maximum Gasteiger partial charge on any atom is 0.322 e. The van der Waals surface area contributed by atoms with Crippen LogP contribution in [0.2, 0.25) is 5.02 Å². The van der Waals surface area contributed by atoms with Crippen molar-refractivity contribution in [2.75, 3.05) is 38.0 Å². The quantitative estimate of drug-likeness (QED) is 0.671. The van der Waals surface area contributed by atoms with E-state index < -0.39 is 0 Å². The monoisotopic (exact) mass is 444 g/mol. The Balaban J connectivity index is 1.54. The summed E-state index contributed by atoms with van der Waals surface area (Å²) < 4.78 is 5.91. The number of rotatable bonds is 7. The molecule has 0 bridgehead atoms. The van der Waals surface area contributed by atoms with Gasteiger partial charge in [-0.2, -0.15) is 0 Å². The zero-order valence-electron chi connectivity index (χ0n) is 17.9. The molecular formula is C23H29ClN4O3. The molecule has 1 aliphatic heterocycles. The SMILES string of the molecule is CCC(C)NC(=O)CN1CCN(C(=O)Nc2ccccc2Oc2ccccc2Cl)CC1. The number of benzene rings is 2. The molecule has 8 heteroatoms. The molecule has 3 amide bonds. The zero-order valence-corrected chi connectivity index (χ0v) is 18.7. The second kappa shape index (κ2) is 11.0. The van der Waals surface area contributed by atoms with Gasteiger partial charge in [-0.05, 0) is 37.6 Å². The van der Waals surface area contributed by atoms with E-state index in [9.17, 15) is 9.59 Å². The van der Waals surface area contributed by atoms with Crippen LogP contribution in [0.15, 0.2) is 48.5 Å². The molecule has 1 atom stereocenters. The van der Waals surface area contributed by atoms with Crippen molar-refractivity contribution in [2.24, 2.45) is 0 Å². The minimum Gasteiger partial charge on any atom is -0.454 e. The highest BCUT2D eigenvalue weighted by Gasteiger charge is 2.23. The summed E-state index contributed by atoms with van der Waals surface area (Å²) in [4.78, 5) is 28.7. The second-order valence-corrected chi connectivity index (χ2v) is 8.01. The van der Waals surface area contributed by atoms with Crippen LogP contribution in [0, 0.1) is 0 Å². The molecule has 166 valence electrons. The number of piperazine rings is 1. The summed E-state index contributed by atoms with van der Waals surface area (Å²) in [7, 11) is 0. The first-order chi connectivity index (χ1) is 15.0. The molecule has 3 rings (SSSR count). The van der Waals surface area contributed by atoms with Crippen LogP contribution in [0.25, 0.3) is 0 Å². The van der Waals surface area contributed by atoms with Crippen LogP contribution >= 0.6 is 11.6 Å². The molecule has 0 saturated carbocycles. The van der Waals surface area contributed by atoms with Gasteiger partial charge >= 0.3 is 6.03 Å². The van der Waals surface area contributed by atoms with E-state index >= 15 is 0 Å². The van der Waals surface area contributed by atoms with E-state index in [0.29, 0.717) is 54.9 Å². The second-order valence-electron chi connectivity index (χ2n) is 7.60. The number of urea groups is 1. The Labute approximate surface area is 188 Å². The van der Waals surface area contributed by atoms with Crippen molar-refractivity contribution in [3.8, 4) is 11.5 Å². The molecule has 1 heterocycles. The smallest absolute Gasteiger partial charge is 0.322 e. The first-order valence-electron chi connectivity index (χ1n) is 10.5. The summed E-state index contributed by atoms with van der Waals surface area (Å²) in [5.41, 5.74) is 0.572. The summed E-state index contributed by atoms with van der Waals surface area (Å²) in [6, 6.07) is 14.4. The van der Waals surface area contributed by atoms with E-state index in [0.717, 1.165) is 6.42 Å². The van der Waals surface area contributed by atoms with Gasteiger partial charge in [0.15, 0.2) is 5.75 Å². The lowest BCUT2D eigenvalue weighted by atomic mass is 10.2. The summed E-state index contributed by atoms with van der Waals surface area (Å²) in [5.74, 6) is 1.07. The molecule has 0 aromatic heterocycles. The molecule has 1 fully saturated rings. The minimum atomic E-state index is -0.195. The molecular weight excluding hydrogens is 416 g/mol. The lowest BCUT2D eigenvalue weighted by Crippen LogP contribution is -2.52. The summed E-state index contributed by atoms with van der Waals surface area (Å²) in [5, 5.41) is 6.40. The number of ether oxygens (including phenoxy) is 1. The maximum atomic E-state index is 12.8. The van der Waals surface area contributed by atoms with Gasteiger partial charge in [0.1, 0.15) is 5.75 Å². The predicted octanol–water partition coefficient (Wildman–Crippen LogP) is 4.20. The summed E-state index contributed by atoms with van der Waals surface area (Å²) >= 11 is 6.19. The van der Waals surface area contributed by atoms with Gasteiger partial charge in [-0.25, -0.2) is 4.79 Å². The van der Waals surface area contributed by atoms with Crippen molar-refractivity contribution in [1.29, 1.82) is 0 Å². The van der Waals surface area contributed by atoms with Crippen LogP contribution in [0.4, 0.5) is 10.5 Å². The van der Waals surface area contributed by atoms with Crippen LogP contribution in [0.3, 0.4) is 0 Å². The third-order valence-corrected chi connectivity index (χ3v) is 5.54. The first kappa shape index (κ1) is 22.9. The van der Waals surface area contributed by atoms with Crippen molar-refractivity contribution in [1.82, 2.24) is 15.1 Å². The number of carbonyl (C=O) groups excluding carboxylic acids is 2. The molecule has 31 heavy (non-hydrogen) atoms. The number of nitrogens with one attached hydrogen (secondary N) is 2. The molecule has 0 aliphatic carbocycles. The molecule has 2 aromatic carbocycles. The molecule has 1 saturated heterocycles. The van der Waals surface area contributed by atoms with Gasteiger partial charge in [-0.15, -0.1) is 0 Å². The molecule has 7 nitrogen and oxygen atoms in total. The van der Waals surface area contributed by atoms with Crippen molar-refractivity contribution in [3.05, 3.63) is 53.6 Å². The van der Waals surface area contributed by atoms with E-state index in [4.69, 9.17) is 16.3 Å². The predicted molar refractivity (Wildman–Crippen MR) is 123 cm³/mol. The van der Waals surface area contributed by atoms with Crippen LogP contribution in [-0.4, -0.2) is 60.5 Å². The Kier molecular flexibility index (Phi) is 8.14. The number of amides is 3. The molecule has 0 radical (unpaired) electrons. The number of carbonyl (C=O) groups is 2.